The van der Waals surface area contributed by atoms with Crippen LogP contribution in [0, 0.1) is 6.92 Å². The fraction of sp³-hybridized carbons (Fsp3) is 0.556. The molecule has 1 saturated carbocycles. The molecule has 3 rings (SSSR count). The molecule has 0 saturated heterocycles. The number of aryl methyl sites for hydroxylation is 1. The van der Waals surface area contributed by atoms with Gasteiger partial charge in [-0.3, -0.25) is 0 Å². The number of imidazole rings is 1. The summed E-state index contributed by atoms with van der Waals surface area (Å²) in [5.41, 5.74) is 2.32. The third-order valence-electron chi connectivity index (χ3n) is 4.76. The monoisotopic (exact) mass is 330 g/mol. The topological polar surface area (TPSA) is 78.7 Å². The first-order chi connectivity index (χ1) is 11.6. The molecule has 2 heterocycles. The van der Waals surface area contributed by atoms with Crippen LogP contribution in [0.2, 0.25) is 0 Å². The number of pyridine rings is 1. The molecule has 0 aliphatic heterocycles. The van der Waals surface area contributed by atoms with Gasteiger partial charge in [0.15, 0.2) is 0 Å². The van der Waals surface area contributed by atoms with E-state index in [1.54, 1.807) is 0 Å². The van der Waals surface area contributed by atoms with Crippen LogP contribution in [0.3, 0.4) is 0 Å². The van der Waals surface area contributed by atoms with E-state index in [1.807, 2.05) is 35.9 Å². The number of nitrogens with one attached hydrogen (secondary N) is 2. The Labute approximate surface area is 142 Å². The van der Waals surface area contributed by atoms with Gasteiger partial charge in [0.25, 0.3) is 0 Å². The Morgan fingerprint density at radius 1 is 1.33 bits per heavy atom. The maximum atomic E-state index is 11.9. The lowest BCUT2D eigenvalue weighted by Crippen LogP contribution is -2.47. The molecule has 1 aliphatic rings. The van der Waals surface area contributed by atoms with Gasteiger partial charge < -0.3 is 20.1 Å². The summed E-state index contributed by atoms with van der Waals surface area (Å²) < 4.78 is 2.00. The molecular weight excluding hydrogens is 304 g/mol. The van der Waals surface area contributed by atoms with Gasteiger partial charge in [0.1, 0.15) is 5.65 Å². The Morgan fingerprint density at radius 3 is 2.88 bits per heavy atom. The maximum Gasteiger partial charge on any atom is 0.314 e. The Hall–Kier alpha value is -2.08. The molecule has 6 nitrogen and oxygen atoms in total. The third kappa shape index (κ3) is 4.06. The molecular formula is C18H26N4O2. The van der Waals surface area contributed by atoms with Crippen LogP contribution in [0.25, 0.3) is 5.65 Å². The molecule has 0 spiro atoms. The van der Waals surface area contributed by atoms with Crippen molar-refractivity contribution >= 4 is 11.7 Å². The van der Waals surface area contributed by atoms with Crippen molar-refractivity contribution in [1.29, 1.82) is 0 Å². The lowest BCUT2D eigenvalue weighted by atomic mass is 9.85. The van der Waals surface area contributed by atoms with Gasteiger partial charge >= 0.3 is 6.03 Å². The Balaban J connectivity index is 1.43. The van der Waals surface area contributed by atoms with Gasteiger partial charge in [-0.2, -0.15) is 0 Å². The zero-order chi connectivity index (χ0) is 17.0. The van der Waals surface area contributed by atoms with E-state index in [9.17, 15) is 9.90 Å². The van der Waals surface area contributed by atoms with Crippen LogP contribution in [-0.4, -0.2) is 39.2 Å². The minimum absolute atomic E-state index is 0.228. The van der Waals surface area contributed by atoms with Crippen LogP contribution < -0.4 is 10.6 Å². The zero-order valence-corrected chi connectivity index (χ0v) is 14.2. The first-order valence-electron chi connectivity index (χ1n) is 8.73. The number of urea groups is 1. The number of fused-ring (bicyclic) bond motifs is 1. The van der Waals surface area contributed by atoms with E-state index in [4.69, 9.17) is 0 Å². The van der Waals surface area contributed by atoms with Crippen molar-refractivity contribution in [3.05, 3.63) is 35.8 Å². The zero-order valence-electron chi connectivity index (χ0n) is 14.2. The molecule has 2 aromatic rings. The highest BCUT2D eigenvalue weighted by Gasteiger charge is 2.29. The van der Waals surface area contributed by atoms with Crippen LogP contribution in [0.5, 0.6) is 0 Å². The Bertz CT molecular complexity index is 704. The van der Waals surface area contributed by atoms with Gasteiger partial charge in [0.05, 0.1) is 11.3 Å². The van der Waals surface area contributed by atoms with Gasteiger partial charge in [0, 0.05) is 31.9 Å². The highest BCUT2D eigenvalue weighted by Crippen LogP contribution is 2.27. The third-order valence-corrected chi connectivity index (χ3v) is 4.76. The summed E-state index contributed by atoms with van der Waals surface area (Å²) in [5, 5.41) is 16.0. The summed E-state index contributed by atoms with van der Waals surface area (Å²) in [4.78, 5) is 16.5. The smallest absolute Gasteiger partial charge is 0.314 e. The van der Waals surface area contributed by atoms with Crippen molar-refractivity contribution in [3.8, 4) is 0 Å². The predicted octanol–water partition coefficient (Wildman–Crippen LogP) is 2.18. The van der Waals surface area contributed by atoms with E-state index in [0.717, 1.165) is 42.6 Å². The highest BCUT2D eigenvalue weighted by molar-refractivity contribution is 5.73. The molecule has 1 aliphatic carbocycles. The second-order valence-electron chi connectivity index (χ2n) is 6.80. The van der Waals surface area contributed by atoms with Gasteiger partial charge in [-0.15, -0.1) is 0 Å². The van der Waals surface area contributed by atoms with E-state index in [0.29, 0.717) is 19.5 Å². The van der Waals surface area contributed by atoms with Crippen LogP contribution >= 0.6 is 0 Å². The Morgan fingerprint density at radius 2 is 2.12 bits per heavy atom. The molecule has 130 valence electrons. The molecule has 24 heavy (non-hydrogen) atoms. The number of amides is 2. The van der Waals surface area contributed by atoms with Gasteiger partial charge in [-0.25, -0.2) is 9.78 Å². The van der Waals surface area contributed by atoms with E-state index in [2.05, 4.69) is 15.6 Å². The van der Waals surface area contributed by atoms with Crippen molar-refractivity contribution in [3.63, 3.8) is 0 Å². The van der Waals surface area contributed by atoms with Crippen molar-refractivity contribution in [2.24, 2.45) is 0 Å². The lowest BCUT2D eigenvalue weighted by Gasteiger charge is -2.32. The predicted molar refractivity (Wildman–Crippen MR) is 93.1 cm³/mol. The average molecular weight is 330 g/mol. The van der Waals surface area contributed by atoms with Crippen LogP contribution in [0.4, 0.5) is 4.79 Å². The van der Waals surface area contributed by atoms with E-state index in [1.165, 1.54) is 6.42 Å². The summed E-state index contributed by atoms with van der Waals surface area (Å²) in [6.45, 7) is 2.88. The SMILES string of the molecule is Cc1cccn2cc(CCNC(=O)NCC3(O)CCCCC3)nc12. The minimum atomic E-state index is -0.727. The number of hydrogen-bond donors (Lipinski definition) is 3. The van der Waals surface area contributed by atoms with Gasteiger partial charge in [-0.1, -0.05) is 25.3 Å². The number of hydrogen-bond acceptors (Lipinski definition) is 3. The number of aromatic nitrogens is 2. The summed E-state index contributed by atoms with van der Waals surface area (Å²) in [5.74, 6) is 0. The molecule has 6 heteroatoms. The molecule has 0 atom stereocenters. The number of aliphatic hydroxyl groups is 1. The Kier molecular flexibility index (Phi) is 5.04. The second-order valence-corrected chi connectivity index (χ2v) is 6.80. The van der Waals surface area contributed by atoms with E-state index >= 15 is 0 Å². The van der Waals surface area contributed by atoms with Crippen molar-refractivity contribution in [2.75, 3.05) is 13.1 Å². The molecule has 0 unspecified atom stereocenters. The first kappa shape index (κ1) is 16.8. The van der Waals surface area contributed by atoms with Crippen molar-refractivity contribution < 1.29 is 9.90 Å². The molecule has 0 radical (unpaired) electrons. The lowest BCUT2D eigenvalue weighted by molar-refractivity contribution is 0.00720. The highest BCUT2D eigenvalue weighted by atomic mass is 16.3. The second kappa shape index (κ2) is 7.21. The van der Waals surface area contributed by atoms with Crippen LogP contribution in [0.1, 0.15) is 43.4 Å². The molecule has 2 amide bonds. The van der Waals surface area contributed by atoms with E-state index < -0.39 is 5.60 Å². The first-order valence-corrected chi connectivity index (χ1v) is 8.73. The molecule has 3 N–H and O–H groups in total. The van der Waals surface area contributed by atoms with Gasteiger partial charge in [0.2, 0.25) is 0 Å². The summed E-state index contributed by atoms with van der Waals surface area (Å²) in [7, 11) is 0. The molecule has 0 bridgehead atoms. The number of carbonyl (C=O) groups excluding carboxylic acids is 1. The summed E-state index contributed by atoms with van der Waals surface area (Å²) >= 11 is 0. The summed E-state index contributed by atoms with van der Waals surface area (Å²) in [6.07, 6.45) is 9.43. The minimum Gasteiger partial charge on any atom is -0.388 e. The average Bonchev–Trinajstić information content (AvgIpc) is 2.98. The fourth-order valence-corrected chi connectivity index (χ4v) is 3.32. The molecule has 2 aromatic heterocycles. The number of rotatable bonds is 5. The van der Waals surface area contributed by atoms with Crippen molar-refractivity contribution in [2.45, 2.75) is 51.0 Å². The van der Waals surface area contributed by atoms with Gasteiger partial charge in [-0.05, 0) is 31.4 Å². The van der Waals surface area contributed by atoms with Crippen LogP contribution in [-0.2, 0) is 6.42 Å². The molecule has 0 aromatic carbocycles. The largest absolute Gasteiger partial charge is 0.388 e. The number of carbonyl (C=O) groups is 1. The fourth-order valence-electron chi connectivity index (χ4n) is 3.32. The van der Waals surface area contributed by atoms with Crippen LogP contribution in [0.15, 0.2) is 24.5 Å². The molecule has 1 fully saturated rings. The normalized spacial score (nSPS) is 16.9. The summed E-state index contributed by atoms with van der Waals surface area (Å²) in [6, 6.07) is 3.80. The van der Waals surface area contributed by atoms with Crippen molar-refractivity contribution in [1.82, 2.24) is 20.0 Å². The quantitative estimate of drug-likeness (QED) is 0.786. The maximum absolute atomic E-state index is 11.9. The number of nitrogens with zero attached hydrogens (tertiary/aromatic N) is 2. The van der Waals surface area contributed by atoms with E-state index in [-0.39, 0.29) is 6.03 Å². The standard InChI is InChI=1S/C18H26N4O2/c1-14-6-5-11-22-12-15(21-16(14)22)7-10-19-17(23)20-13-18(24)8-3-2-4-9-18/h5-6,11-12,24H,2-4,7-10,13H2,1H3,(H2,19,20,23).